The van der Waals surface area contributed by atoms with Crippen molar-refractivity contribution in [3.05, 3.63) is 41.5 Å². The van der Waals surface area contributed by atoms with Gasteiger partial charge in [0.15, 0.2) is 0 Å². The van der Waals surface area contributed by atoms with Gasteiger partial charge < -0.3 is 9.84 Å². The van der Waals surface area contributed by atoms with Crippen LogP contribution in [0.2, 0.25) is 0 Å². The van der Waals surface area contributed by atoms with Crippen LogP contribution in [0.15, 0.2) is 36.0 Å². The molecule has 0 aliphatic rings. The third-order valence-corrected chi connectivity index (χ3v) is 3.62. The van der Waals surface area contributed by atoms with E-state index in [0.717, 1.165) is 15.8 Å². The Hall–Kier alpha value is -2.14. The van der Waals surface area contributed by atoms with Gasteiger partial charge in [0, 0.05) is 0 Å². The van der Waals surface area contributed by atoms with E-state index in [9.17, 15) is 5.11 Å². The van der Waals surface area contributed by atoms with Gasteiger partial charge in [0.25, 0.3) is 0 Å². The van der Waals surface area contributed by atoms with E-state index >= 15 is 0 Å². The summed E-state index contributed by atoms with van der Waals surface area (Å²) in [5.74, 6) is 1.39. The molecule has 0 fully saturated rings. The molecule has 0 aliphatic heterocycles. The Morgan fingerprint density at radius 3 is 2.72 bits per heavy atom. The third kappa shape index (κ3) is 1.89. The van der Waals surface area contributed by atoms with E-state index in [-0.39, 0.29) is 5.75 Å². The van der Waals surface area contributed by atoms with Gasteiger partial charge in [-0.15, -0.1) is 11.3 Å². The lowest BCUT2D eigenvalue weighted by molar-refractivity contribution is 0.458. The number of benzene rings is 1. The van der Waals surface area contributed by atoms with Crippen molar-refractivity contribution in [1.82, 2.24) is 9.97 Å². The topological polar surface area (TPSA) is 55.2 Å². The third-order valence-electron chi connectivity index (χ3n) is 2.55. The fraction of sp³-hybridized carbons (Fsp3) is 0.0769. The maximum Gasteiger partial charge on any atom is 0.240 e. The highest BCUT2D eigenvalue weighted by atomic mass is 32.1. The number of phenolic OH excluding ortho intramolecular Hbond substituents is 1. The van der Waals surface area contributed by atoms with Crippen LogP contribution >= 0.6 is 11.3 Å². The highest BCUT2D eigenvalue weighted by molar-refractivity contribution is 7.17. The Balaban J connectivity index is 2.02. The van der Waals surface area contributed by atoms with Crippen molar-refractivity contribution < 1.29 is 9.84 Å². The Bertz CT molecular complexity index is 692. The van der Waals surface area contributed by atoms with Crippen molar-refractivity contribution in [2.75, 3.05) is 0 Å². The second kappa shape index (κ2) is 4.27. The minimum Gasteiger partial charge on any atom is -0.508 e. The van der Waals surface area contributed by atoms with Crippen LogP contribution in [0.3, 0.4) is 0 Å². The summed E-state index contributed by atoms with van der Waals surface area (Å²) >= 11 is 1.56. The molecule has 2 heterocycles. The van der Waals surface area contributed by atoms with Gasteiger partial charge in [0.2, 0.25) is 5.88 Å². The van der Waals surface area contributed by atoms with E-state index in [1.165, 1.54) is 6.33 Å². The van der Waals surface area contributed by atoms with E-state index in [4.69, 9.17) is 4.74 Å². The molecule has 5 heteroatoms. The molecule has 18 heavy (non-hydrogen) atoms. The number of aromatic nitrogens is 2. The van der Waals surface area contributed by atoms with Crippen LogP contribution in [0.4, 0.5) is 0 Å². The summed E-state index contributed by atoms with van der Waals surface area (Å²) in [4.78, 5) is 8.39. The summed E-state index contributed by atoms with van der Waals surface area (Å²) in [6.45, 7) is 2.01. The second-order valence-corrected chi connectivity index (χ2v) is 4.75. The number of rotatable bonds is 2. The molecule has 0 unspecified atom stereocenters. The molecule has 3 aromatic rings. The van der Waals surface area contributed by atoms with Crippen molar-refractivity contribution in [2.45, 2.75) is 6.92 Å². The molecule has 0 saturated carbocycles. The molecule has 1 N–H and O–H groups in total. The van der Waals surface area contributed by atoms with E-state index in [1.54, 1.807) is 35.6 Å². The molecule has 0 radical (unpaired) electrons. The minimum atomic E-state index is 0.210. The number of aryl methyl sites for hydroxylation is 1. The molecule has 4 nitrogen and oxygen atoms in total. The van der Waals surface area contributed by atoms with Gasteiger partial charge in [-0.25, -0.2) is 9.97 Å². The highest BCUT2D eigenvalue weighted by Gasteiger charge is 2.09. The summed E-state index contributed by atoms with van der Waals surface area (Å²) in [6.07, 6.45) is 1.50. The average Bonchev–Trinajstić information content (AvgIpc) is 2.76. The quantitative estimate of drug-likeness (QED) is 0.764. The molecule has 0 atom stereocenters. The first-order valence-electron chi connectivity index (χ1n) is 5.40. The molecule has 3 rings (SSSR count). The zero-order valence-corrected chi connectivity index (χ0v) is 10.4. The highest BCUT2D eigenvalue weighted by Crippen LogP contribution is 2.32. The summed E-state index contributed by atoms with van der Waals surface area (Å²) in [7, 11) is 0. The van der Waals surface area contributed by atoms with E-state index in [2.05, 4.69) is 9.97 Å². The Labute approximate surface area is 108 Å². The first-order chi connectivity index (χ1) is 8.74. The molecule has 2 aromatic heterocycles. The predicted octanol–water partition coefficient (Wildman–Crippen LogP) is 3.50. The lowest BCUT2D eigenvalue weighted by Crippen LogP contribution is -1.89. The number of phenols is 1. The second-order valence-electron chi connectivity index (χ2n) is 3.87. The zero-order valence-electron chi connectivity index (χ0n) is 9.62. The first kappa shape index (κ1) is 11.0. The number of nitrogens with zero attached hydrogens (tertiary/aromatic N) is 2. The van der Waals surface area contributed by atoms with Crippen molar-refractivity contribution in [1.29, 1.82) is 0 Å². The van der Waals surface area contributed by atoms with Crippen LogP contribution in [0, 0.1) is 6.92 Å². The van der Waals surface area contributed by atoms with Gasteiger partial charge in [-0.1, -0.05) is 0 Å². The van der Waals surface area contributed by atoms with Crippen molar-refractivity contribution in [3.63, 3.8) is 0 Å². The molecular formula is C13H10N2O2S. The van der Waals surface area contributed by atoms with E-state index in [1.807, 2.05) is 12.3 Å². The van der Waals surface area contributed by atoms with Crippen molar-refractivity contribution in [3.8, 4) is 17.4 Å². The minimum absolute atomic E-state index is 0.210. The Morgan fingerprint density at radius 2 is 1.94 bits per heavy atom. The van der Waals surface area contributed by atoms with Gasteiger partial charge in [-0.05, 0) is 42.1 Å². The molecule has 0 bridgehead atoms. The molecule has 0 saturated heterocycles. The van der Waals surface area contributed by atoms with Crippen molar-refractivity contribution in [2.24, 2.45) is 0 Å². The molecule has 90 valence electrons. The fourth-order valence-electron chi connectivity index (χ4n) is 1.65. The number of aromatic hydroxyl groups is 1. The average molecular weight is 258 g/mol. The summed E-state index contributed by atoms with van der Waals surface area (Å²) in [6, 6.07) is 6.55. The van der Waals surface area contributed by atoms with Crippen LogP contribution in [0.25, 0.3) is 10.2 Å². The maximum absolute atomic E-state index is 9.22. The van der Waals surface area contributed by atoms with Gasteiger partial charge >= 0.3 is 0 Å². The Kier molecular flexibility index (Phi) is 2.60. The van der Waals surface area contributed by atoms with Gasteiger partial charge in [-0.3, -0.25) is 0 Å². The molecule has 0 amide bonds. The lowest BCUT2D eigenvalue weighted by Gasteiger charge is -2.05. The van der Waals surface area contributed by atoms with Gasteiger partial charge in [0.1, 0.15) is 22.5 Å². The molecular weight excluding hydrogens is 248 g/mol. The SMILES string of the molecule is Cc1csc2c(Oc3ccc(O)cc3)ncnc12. The van der Waals surface area contributed by atoms with Crippen LogP contribution in [-0.2, 0) is 0 Å². The van der Waals surface area contributed by atoms with Crippen molar-refractivity contribution >= 4 is 21.6 Å². The van der Waals surface area contributed by atoms with E-state index in [0.29, 0.717) is 11.6 Å². The number of hydrogen-bond acceptors (Lipinski definition) is 5. The first-order valence-corrected chi connectivity index (χ1v) is 6.27. The van der Waals surface area contributed by atoms with E-state index < -0.39 is 0 Å². The smallest absolute Gasteiger partial charge is 0.240 e. The Morgan fingerprint density at radius 1 is 1.17 bits per heavy atom. The predicted molar refractivity (Wildman–Crippen MR) is 70.3 cm³/mol. The van der Waals surface area contributed by atoms with Gasteiger partial charge in [0.05, 0.1) is 5.52 Å². The number of ether oxygens (including phenoxy) is 1. The zero-order chi connectivity index (χ0) is 12.5. The van der Waals surface area contributed by atoms with Crippen LogP contribution in [-0.4, -0.2) is 15.1 Å². The summed E-state index contributed by atoms with van der Waals surface area (Å²) in [5.41, 5.74) is 2.04. The van der Waals surface area contributed by atoms with Gasteiger partial charge in [-0.2, -0.15) is 0 Å². The standard InChI is InChI=1S/C13H10N2O2S/c1-8-6-18-12-11(8)14-7-15-13(12)17-10-4-2-9(16)3-5-10/h2-7,16H,1H3. The summed E-state index contributed by atoms with van der Waals surface area (Å²) < 4.78 is 6.64. The molecule has 0 spiro atoms. The number of hydrogen-bond donors (Lipinski definition) is 1. The summed E-state index contributed by atoms with van der Waals surface area (Å²) in [5, 5.41) is 11.2. The monoisotopic (exact) mass is 258 g/mol. The maximum atomic E-state index is 9.22. The molecule has 0 aliphatic carbocycles. The number of thiophene rings is 1. The fourth-order valence-corrected chi connectivity index (χ4v) is 2.57. The largest absolute Gasteiger partial charge is 0.508 e. The normalized spacial score (nSPS) is 10.7. The van der Waals surface area contributed by atoms with Crippen LogP contribution in [0.5, 0.6) is 17.4 Å². The molecule has 1 aromatic carbocycles. The van der Waals surface area contributed by atoms with Crippen LogP contribution < -0.4 is 4.74 Å². The lowest BCUT2D eigenvalue weighted by atomic mass is 10.3. The number of fused-ring (bicyclic) bond motifs is 1. The van der Waals surface area contributed by atoms with Crippen LogP contribution in [0.1, 0.15) is 5.56 Å².